The molecule has 0 spiro atoms. The molecule has 0 aromatic rings. The van der Waals surface area contributed by atoms with E-state index in [4.69, 9.17) is 0 Å². The van der Waals surface area contributed by atoms with Gasteiger partial charge in [0.2, 0.25) is 0 Å². The molecule has 0 radical (unpaired) electrons. The van der Waals surface area contributed by atoms with Crippen LogP contribution in [0.3, 0.4) is 0 Å². The minimum absolute atomic E-state index is 0.601. The highest BCUT2D eigenvalue weighted by Crippen LogP contribution is 2.43. The van der Waals surface area contributed by atoms with E-state index < -0.39 is 0 Å². The molecule has 0 heterocycles. The fourth-order valence-electron chi connectivity index (χ4n) is 1.72. The Kier molecular flexibility index (Phi) is 2.64. The van der Waals surface area contributed by atoms with Crippen LogP contribution in [0.4, 0.5) is 0 Å². The molecular formula is C9H17I. The molecule has 1 fully saturated rings. The normalized spacial score (nSPS) is 39.6. The number of halogens is 1. The Hall–Kier alpha value is 0.730. The van der Waals surface area contributed by atoms with Gasteiger partial charge in [0.25, 0.3) is 0 Å². The minimum atomic E-state index is 0.601. The first-order valence-electron chi connectivity index (χ1n) is 4.18. The number of hydrogen-bond donors (Lipinski definition) is 0. The van der Waals surface area contributed by atoms with E-state index in [2.05, 4.69) is 43.4 Å². The van der Waals surface area contributed by atoms with E-state index in [-0.39, 0.29) is 0 Å². The summed E-state index contributed by atoms with van der Waals surface area (Å²) >= 11 is 2.61. The molecule has 10 heavy (non-hydrogen) atoms. The quantitative estimate of drug-likeness (QED) is 0.456. The summed E-state index contributed by atoms with van der Waals surface area (Å²) in [6, 6.07) is 0. The van der Waals surface area contributed by atoms with Gasteiger partial charge in [-0.25, -0.2) is 0 Å². The summed E-state index contributed by atoms with van der Waals surface area (Å²) in [6.45, 7) is 7.21. The summed E-state index contributed by atoms with van der Waals surface area (Å²) in [7, 11) is 0. The lowest BCUT2D eigenvalue weighted by molar-refractivity contribution is 0.166. The van der Waals surface area contributed by atoms with Crippen molar-refractivity contribution >= 4 is 22.6 Å². The van der Waals surface area contributed by atoms with E-state index in [0.29, 0.717) is 5.41 Å². The molecule has 0 aromatic carbocycles. The van der Waals surface area contributed by atoms with Gasteiger partial charge in [-0.2, -0.15) is 0 Å². The largest absolute Gasteiger partial charge is 0.0823 e. The number of rotatable bonds is 0. The Bertz CT molecular complexity index is 118. The van der Waals surface area contributed by atoms with Gasteiger partial charge in [0.1, 0.15) is 0 Å². The van der Waals surface area contributed by atoms with Crippen LogP contribution in [0, 0.1) is 11.3 Å². The van der Waals surface area contributed by atoms with Crippen LogP contribution in [0.2, 0.25) is 0 Å². The van der Waals surface area contributed by atoms with E-state index in [9.17, 15) is 0 Å². The van der Waals surface area contributed by atoms with Crippen molar-refractivity contribution in [1.82, 2.24) is 0 Å². The topological polar surface area (TPSA) is 0 Å². The number of alkyl halides is 1. The van der Waals surface area contributed by atoms with Crippen molar-refractivity contribution in [2.24, 2.45) is 11.3 Å². The van der Waals surface area contributed by atoms with Gasteiger partial charge in [-0.3, -0.25) is 0 Å². The van der Waals surface area contributed by atoms with Crippen LogP contribution >= 0.6 is 22.6 Å². The van der Waals surface area contributed by atoms with Crippen LogP contribution in [-0.2, 0) is 0 Å². The highest BCUT2D eigenvalue weighted by Gasteiger charge is 2.33. The standard InChI is InChI=1S/C9H17I/c1-7-8(10)5-4-6-9(7,2)3/h7-8H,4-6H2,1-3H3. The molecule has 1 heteroatoms. The molecular weight excluding hydrogens is 235 g/mol. The molecule has 1 saturated carbocycles. The summed E-state index contributed by atoms with van der Waals surface area (Å²) in [5.41, 5.74) is 0.601. The number of hydrogen-bond acceptors (Lipinski definition) is 0. The van der Waals surface area contributed by atoms with Gasteiger partial charge in [-0.15, -0.1) is 0 Å². The predicted molar refractivity (Wildman–Crippen MR) is 54.6 cm³/mol. The smallest absolute Gasteiger partial charge is 0.0140 e. The van der Waals surface area contributed by atoms with Gasteiger partial charge in [-0.1, -0.05) is 49.8 Å². The van der Waals surface area contributed by atoms with Crippen LogP contribution in [0.1, 0.15) is 40.0 Å². The van der Waals surface area contributed by atoms with E-state index in [0.717, 1.165) is 9.84 Å². The third kappa shape index (κ3) is 1.66. The molecule has 0 amide bonds. The molecule has 0 aromatic heterocycles. The molecule has 1 aliphatic rings. The van der Waals surface area contributed by atoms with Crippen molar-refractivity contribution in [3.63, 3.8) is 0 Å². The van der Waals surface area contributed by atoms with Gasteiger partial charge >= 0.3 is 0 Å². The molecule has 0 aliphatic heterocycles. The lowest BCUT2D eigenvalue weighted by atomic mass is 9.70. The Balaban J connectivity index is 2.60. The average molecular weight is 252 g/mol. The lowest BCUT2D eigenvalue weighted by Gasteiger charge is -2.39. The molecule has 0 bridgehead atoms. The van der Waals surface area contributed by atoms with Gasteiger partial charge in [0, 0.05) is 3.92 Å². The van der Waals surface area contributed by atoms with E-state index in [1.165, 1.54) is 19.3 Å². The fraction of sp³-hybridized carbons (Fsp3) is 1.00. The summed E-state index contributed by atoms with van der Waals surface area (Å²) in [6.07, 6.45) is 4.30. The summed E-state index contributed by atoms with van der Waals surface area (Å²) in [5.74, 6) is 0.904. The SMILES string of the molecule is CC1C(I)CCCC1(C)C. The zero-order valence-corrected chi connectivity index (χ0v) is 9.31. The second-order valence-corrected chi connectivity index (χ2v) is 5.79. The maximum absolute atomic E-state index is 2.61. The van der Waals surface area contributed by atoms with Crippen molar-refractivity contribution in [2.75, 3.05) is 0 Å². The van der Waals surface area contributed by atoms with Gasteiger partial charge in [0.05, 0.1) is 0 Å². The molecule has 0 saturated heterocycles. The van der Waals surface area contributed by atoms with Crippen molar-refractivity contribution in [2.45, 2.75) is 44.0 Å². The second-order valence-electron chi connectivity index (χ2n) is 4.19. The van der Waals surface area contributed by atoms with Gasteiger partial charge in [0.15, 0.2) is 0 Å². The van der Waals surface area contributed by atoms with Crippen molar-refractivity contribution < 1.29 is 0 Å². The van der Waals surface area contributed by atoms with E-state index >= 15 is 0 Å². The monoisotopic (exact) mass is 252 g/mol. The maximum atomic E-state index is 2.61. The molecule has 60 valence electrons. The van der Waals surface area contributed by atoms with E-state index in [1.54, 1.807) is 0 Å². The van der Waals surface area contributed by atoms with Crippen molar-refractivity contribution in [1.29, 1.82) is 0 Å². The highest BCUT2D eigenvalue weighted by atomic mass is 127. The van der Waals surface area contributed by atoms with Gasteiger partial charge in [-0.05, 0) is 24.2 Å². The molecule has 1 rings (SSSR count). The maximum Gasteiger partial charge on any atom is 0.0140 e. The van der Waals surface area contributed by atoms with Crippen LogP contribution in [0.15, 0.2) is 0 Å². The van der Waals surface area contributed by atoms with Crippen molar-refractivity contribution in [3.05, 3.63) is 0 Å². The van der Waals surface area contributed by atoms with E-state index in [1.807, 2.05) is 0 Å². The molecule has 2 unspecified atom stereocenters. The third-order valence-electron chi connectivity index (χ3n) is 3.08. The zero-order valence-electron chi connectivity index (χ0n) is 7.15. The summed E-state index contributed by atoms with van der Waals surface area (Å²) in [4.78, 5) is 0. The first kappa shape index (κ1) is 8.82. The zero-order chi connectivity index (χ0) is 7.78. The first-order valence-corrected chi connectivity index (χ1v) is 5.43. The average Bonchev–Trinajstić information content (AvgIpc) is 1.83. The lowest BCUT2D eigenvalue weighted by Crippen LogP contribution is -2.32. The molecule has 0 nitrogen and oxygen atoms in total. The molecule has 1 aliphatic carbocycles. The first-order chi connectivity index (χ1) is 4.54. The van der Waals surface area contributed by atoms with Crippen molar-refractivity contribution in [3.8, 4) is 0 Å². The Labute approximate surface area is 77.9 Å². The van der Waals surface area contributed by atoms with Crippen LogP contribution < -0.4 is 0 Å². The minimum Gasteiger partial charge on any atom is -0.0823 e. The van der Waals surface area contributed by atoms with Crippen LogP contribution in [0.25, 0.3) is 0 Å². The molecule has 2 atom stereocenters. The Morgan fingerprint density at radius 3 is 2.40 bits per heavy atom. The highest BCUT2D eigenvalue weighted by molar-refractivity contribution is 14.1. The second kappa shape index (κ2) is 3.00. The fourth-order valence-corrected chi connectivity index (χ4v) is 3.13. The molecule has 0 N–H and O–H groups in total. The Morgan fingerprint density at radius 2 is 2.00 bits per heavy atom. The summed E-state index contributed by atoms with van der Waals surface area (Å²) in [5, 5.41) is 0. The predicted octanol–water partition coefficient (Wildman–Crippen LogP) is 3.64. The Morgan fingerprint density at radius 1 is 1.40 bits per heavy atom. The summed E-state index contributed by atoms with van der Waals surface area (Å²) < 4.78 is 0.918. The third-order valence-corrected chi connectivity index (χ3v) is 4.78. The van der Waals surface area contributed by atoms with Crippen LogP contribution in [-0.4, -0.2) is 3.92 Å². The van der Waals surface area contributed by atoms with Gasteiger partial charge < -0.3 is 0 Å². The van der Waals surface area contributed by atoms with Crippen LogP contribution in [0.5, 0.6) is 0 Å².